The summed E-state index contributed by atoms with van der Waals surface area (Å²) >= 11 is 0. The lowest BCUT2D eigenvalue weighted by Crippen LogP contribution is -2.61. The third-order valence-corrected chi connectivity index (χ3v) is 5.16. The van der Waals surface area contributed by atoms with E-state index in [-0.39, 0.29) is 5.41 Å². The third kappa shape index (κ3) is 2.70. The van der Waals surface area contributed by atoms with Gasteiger partial charge in [-0.3, -0.25) is 0 Å². The molecule has 4 unspecified atom stereocenters. The highest BCUT2D eigenvalue weighted by Crippen LogP contribution is 2.60. The Kier molecular flexibility index (Phi) is 4.04. The molecular weight excluding hydrogens is 208 g/mol. The molecule has 0 amide bonds. The van der Waals surface area contributed by atoms with E-state index in [0.29, 0.717) is 17.3 Å². The molecule has 17 heavy (non-hydrogen) atoms. The van der Waals surface area contributed by atoms with Gasteiger partial charge in [0.05, 0.1) is 5.60 Å². The highest BCUT2D eigenvalue weighted by Gasteiger charge is 2.59. The van der Waals surface area contributed by atoms with Crippen LogP contribution in [-0.4, -0.2) is 10.7 Å². The minimum Gasteiger partial charge on any atom is -0.390 e. The van der Waals surface area contributed by atoms with Crippen LogP contribution in [0.4, 0.5) is 0 Å². The van der Waals surface area contributed by atoms with Gasteiger partial charge in [-0.05, 0) is 42.4 Å². The van der Waals surface area contributed by atoms with E-state index >= 15 is 0 Å². The summed E-state index contributed by atoms with van der Waals surface area (Å²) < 4.78 is 0. The van der Waals surface area contributed by atoms with Gasteiger partial charge in [0.1, 0.15) is 0 Å². The molecule has 0 aromatic rings. The van der Waals surface area contributed by atoms with Crippen LogP contribution in [0, 0.1) is 22.7 Å². The van der Waals surface area contributed by atoms with Gasteiger partial charge in [0.25, 0.3) is 0 Å². The molecule has 0 heterocycles. The third-order valence-electron chi connectivity index (χ3n) is 5.16. The zero-order valence-electron chi connectivity index (χ0n) is 12.9. The molecule has 1 heteroatoms. The number of rotatable bonds is 4. The van der Waals surface area contributed by atoms with Crippen LogP contribution in [0.25, 0.3) is 0 Å². The van der Waals surface area contributed by atoms with Crippen LogP contribution < -0.4 is 0 Å². The molecule has 1 saturated carbocycles. The van der Waals surface area contributed by atoms with Crippen molar-refractivity contribution in [3.63, 3.8) is 0 Å². The summed E-state index contributed by atoms with van der Waals surface area (Å²) in [6.45, 7) is 15.9. The quantitative estimate of drug-likeness (QED) is 0.759. The van der Waals surface area contributed by atoms with E-state index in [2.05, 4.69) is 41.5 Å². The molecular formula is C16H32O. The van der Waals surface area contributed by atoms with Gasteiger partial charge in [-0.15, -0.1) is 0 Å². The van der Waals surface area contributed by atoms with Gasteiger partial charge in [-0.1, -0.05) is 54.4 Å². The van der Waals surface area contributed by atoms with Gasteiger partial charge in [0, 0.05) is 0 Å². The van der Waals surface area contributed by atoms with E-state index in [9.17, 15) is 5.11 Å². The molecule has 1 fully saturated rings. The van der Waals surface area contributed by atoms with Crippen molar-refractivity contribution in [3.8, 4) is 0 Å². The Labute approximate surface area is 108 Å². The molecule has 1 nitrogen and oxygen atoms in total. The Balaban J connectivity index is 2.93. The summed E-state index contributed by atoms with van der Waals surface area (Å²) in [7, 11) is 0. The highest BCUT2D eigenvalue weighted by molar-refractivity contribution is 5.08. The average Bonchev–Trinajstić information content (AvgIpc) is 2.12. The molecule has 0 bridgehead atoms. The second-order valence-corrected chi connectivity index (χ2v) is 7.77. The molecule has 0 saturated heterocycles. The summed E-state index contributed by atoms with van der Waals surface area (Å²) in [5.74, 6) is 1.12. The van der Waals surface area contributed by atoms with E-state index in [1.807, 2.05) is 6.92 Å². The van der Waals surface area contributed by atoms with Crippen molar-refractivity contribution in [2.75, 3.05) is 0 Å². The van der Waals surface area contributed by atoms with E-state index in [4.69, 9.17) is 0 Å². The van der Waals surface area contributed by atoms with Crippen LogP contribution >= 0.6 is 0 Å². The Morgan fingerprint density at radius 3 is 2.00 bits per heavy atom. The predicted octanol–water partition coefficient (Wildman–Crippen LogP) is 4.64. The van der Waals surface area contributed by atoms with Gasteiger partial charge in [-0.25, -0.2) is 0 Å². The van der Waals surface area contributed by atoms with Gasteiger partial charge in [0.15, 0.2) is 0 Å². The largest absolute Gasteiger partial charge is 0.390 e. The average molecular weight is 240 g/mol. The van der Waals surface area contributed by atoms with E-state index < -0.39 is 5.60 Å². The van der Waals surface area contributed by atoms with Crippen LogP contribution in [0.15, 0.2) is 0 Å². The van der Waals surface area contributed by atoms with Crippen molar-refractivity contribution in [1.82, 2.24) is 0 Å². The van der Waals surface area contributed by atoms with E-state index in [1.165, 1.54) is 19.3 Å². The number of hydrogen-bond donors (Lipinski definition) is 1. The molecule has 0 aromatic heterocycles. The van der Waals surface area contributed by atoms with Crippen molar-refractivity contribution in [2.45, 2.75) is 79.8 Å². The lowest BCUT2D eigenvalue weighted by molar-refractivity contribution is -0.204. The monoisotopic (exact) mass is 240 g/mol. The maximum absolute atomic E-state index is 10.5. The van der Waals surface area contributed by atoms with Crippen molar-refractivity contribution in [3.05, 3.63) is 0 Å². The molecule has 1 N–H and O–H groups in total. The van der Waals surface area contributed by atoms with Crippen molar-refractivity contribution >= 4 is 0 Å². The first-order valence-corrected chi connectivity index (χ1v) is 7.31. The minimum absolute atomic E-state index is 0.205. The number of hydrogen-bond acceptors (Lipinski definition) is 1. The fourth-order valence-electron chi connectivity index (χ4n) is 4.34. The maximum Gasteiger partial charge on any atom is 0.0658 e. The first kappa shape index (κ1) is 15.0. The van der Waals surface area contributed by atoms with Gasteiger partial charge >= 0.3 is 0 Å². The minimum atomic E-state index is -0.451. The van der Waals surface area contributed by atoms with E-state index in [1.54, 1.807) is 0 Å². The van der Waals surface area contributed by atoms with Crippen LogP contribution in [0.3, 0.4) is 0 Å². The smallest absolute Gasteiger partial charge is 0.0658 e. The molecule has 0 spiro atoms. The van der Waals surface area contributed by atoms with Crippen molar-refractivity contribution < 1.29 is 5.11 Å². The molecule has 0 radical (unpaired) electrons. The van der Waals surface area contributed by atoms with Crippen LogP contribution in [0.1, 0.15) is 74.1 Å². The Hall–Kier alpha value is -0.0400. The Morgan fingerprint density at radius 2 is 1.71 bits per heavy atom. The molecule has 0 aromatic carbocycles. The summed E-state index contributed by atoms with van der Waals surface area (Å²) in [5, 5.41) is 10.5. The standard InChI is InChI=1S/C16H32O/c1-8-10-15(6,9-2)12-11-16(7,17)13(12)14(3,4)5/h12-13,17H,8-11H2,1-7H3. The SMILES string of the molecule is CCCC(C)(CC)C1CC(C)(O)C1C(C)(C)C. The summed E-state index contributed by atoms with van der Waals surface area (Å²) in [5.41, 5.74) is 0.165. The maximum atomic E-state index is 10.5. The Morgan fingerprint density at radius 1 is 1.18 bits per heavy atom. The lowest BCUT2D eigenvalue weighted by Gasteiger charge is -2.61. The molecule has 1 aliphatic rings. The topological polar surface area (TPSA) is 20.2 Å². The second-order valence-electron chi connectivity index (χ2n) is 7.77. The fourth-order valence-corrected chi connectivity index (χ4v) is 4.34. The molecule has 102 valence electrons. The number of aliphatic hydroxyl groups is 1. The lowest BCUT2D eigenvalue weighted by atomic mass is 9.45. The van der Waals surface area contributed by atoms with E-state index in [0.717, 1.165) is 6.42 Å². The Bertz CT molecular complexity index is 251. The fraction of sp³-hybridized carbons (Fsp3) is 1.00. The zero-order valence-corrected chi connectivity index (χ0v) is 12.9. The van der Waals surface area contributed by atoms with Crippen LogP contribution in [-0.2, 0) is 0 Å². The van der Waals surface area contributed by atoms with Gasteiger partial charge in [-0.2, -0.15) is 0 Å². The van der Waals surface area contributed by atoms with Crippen LogP contribution in [0.5, 0.6) is 0 Å². The normalized spacial score (nSPS) is 37.4. The predicted molar refractivity (Wildman–Crippen MR) is 75.0 cm³/mol. The second kappa shape index (κ2) is 4.57. The molecule has 4 atom stereocenters. The van der Waals surface area contributed by atoms with Gasteiger partial charge in [0.2, 0.25) is 0 Å². The molecule has 1 aliphatic carbocycles. The summed E-state index contributed by atoms with van der Waals surface area (Å²) in [6, 6.07) is 0. The first-order valence-electron chi connectivity index (χ1n) is 7.31. The summed E-state index contributed by atoms with van der Waals surface area (Å²) in [6.07, 6.45) is 4.75. The highest BCUT2D eigenvalue weighted by atomic mass is 16.3. The first-order chi connectivity index (χ1) is 7.58. The molecule has 0 aliphatic heterocycles. The van der Waals surface area contributed by atoms with Crippen molar-refractivity contribution in [1.29, 1.82) is 0 Å². The van der Waals surface area contributed by atoms with Gasteiger partial charge < -0.3 is 5.11 Å². The molecule has 1 rings (SSSR count). The van der Waals surface area contributed by atoms with Crippen molar-refractivity contribution in [2.24, 2.45) is 22.7 Å². The summed E-state index contributed by atoms with van der Waals surface area (Å²) in [4.78, 5) is 0. The van der Waals surface area contributed by atoms with Crippen LogP contribution in [0.2, 0.25) is 0 Å². The zero-order chi connectivity index (χ0) is 13.5.